The number of pyridine rings is 1. The lowest BCUT2D eigenvalue weighted by Gasteiger charge is -2.24. The number of carbonyl (C=O) groups is 2. The van der Waals surface area contributed by atoms with Crippen LogP contribution in [0.3, 0.4) is 0 Å². The van der Waals surface area contributed by atoms with Crippen LogP contribution in [0.1, 0.15) is 57.1 Å². The van der Waals surface area contributed by atoms with E-state index < -0.39 is 5.41 Å². The summed E-state index contributed by atoms with van der Waals surface area (Å²) in [6.07, 6.45) is 6.49. The maximum atomic E-state index is 13.5. The minimum Gasteiger partial charge on any atom is -0.488 e. The average Bonchev–Trinajstić information content (AvgIpc) is 3.32. The van der Waals surface area contributed by atoms with Crippen LogP contribution in [0.15, 0.2) is 42.7 Å². The van der Waals surface area contributed by atoms with E-state index in [-0.39, 0.29) is 23.8 Å². The summed E-state index contributed by atoms with van der Waals surface area (Å²) in [5.41, 5.74) is 4.19. The number of para-hydroxylation sites is 1. The highest BCUT2D eigenvalue weighted by molar-refractivity contribution is 6.12. The van der Waals surface area contributed by atoms with E-state index in [9.17, 15) is 9.59 Å². The maximum Gasteiger partial charge on any atom is 0.241 e. The van der Waals surface area contributed by atoms with E-state index in [0.29, 0.717) is 24.6 Å². The second kappa shape index (κ2) is 7.07. The molecular weight excluding hydrogens is 416 g/mol. The molecule has 6 rings (SSSR count). The van der Waals surface area contributed by atoms with Crippen molar-refractivity contribution in [3.63, 3.8) is 0 Å². The third-order valence-corrected chi connectivity index (χ3v) is 7.41. The Bertz CT molecular complexity index is 1290. The van der Waals surface area contributed by atoms with Crippen LogP contribution in [-0.4, -0.2) is 34.1 Å². The van der Waals surface area contributed by atoms with Gasteiger partial charge in [0.1, 0.15) is 17.4 Å². The summed E-state index contributed by atoms with van der Waals surface area (Å²) in [5.74, 6) is 1.44. The van der Waals surface area contributed by atoms with Crippen molar-refractivity contribution in [1.29, 1.82) is 0 Å². The standard InChI is InChI=1S/C26H28N4O3/c1-15(17-10-23(31)27-12-17)33-22-11-18(14-29-24(22)19(13-28-29)16-8-9-16)30-21-7-5-4-6-20(21)26(2,3)25(30)32/h4-7,11,13-17H,8-10,12H2,1-3H3,(H,27,31)/t15-,17-/m1/s1. The van der Waals surface area contributed by atoms with Gasteiger partial charge in [-0.1, -0.05) is 18.2 Å². The summed E-state index contributed by atoms with van der Waals surface area (Å²) in [6, 6.07) is 9.92. The number of hydrogen-bond donors (Lipinski definition) is 1. The molecule has 2 amide bonds. The first kappa shape index (κ1) is 20.3. The Morgan fingerprint density at radius 1 is 1.21 bits per heavy atom. The number of nitrogens with one attached hydrogen (secondary N) is 1. The van der Waals surface area contributed by atoms with Gasteiger partial charge in [0, 0.05) is 30.5 Å². The van der Waals surface area contributed by atoms with Crippen LogP contribution >= 0.6 is 0 Å². The Kier molecular flexibility index (Phi) is 4.34. The van der Waals surface area contributed by atoms with Crippen molar-refractivity contribution in [3.8, 4) is 5.75 Å². The number of anilines is 2. The molecule has 0 unspecified atom stereocenters. The Morgan fingerprint density at radius 2 is 2.00 bits per heavy atom. The van der Waals surface area contributed by atoms with Crippen molar-refractivity contribution < 1.29 is 14.3 Å². The molecule has 0 bridgehead atoms. The molecule has 1 aliphatic carbocycles. The third kappa shape index (κ3) is 3.13. The zero-order valence-corrected chi connectivity index (χ0v) is 19.2. The molecule has 0 spiro atoms. The van der Waals surface area contributed by atoms with Crippen LogP contribution in [0.5, 0.6) is 5.75 Å². The van der Waals surface area contributed by atoms with Gasteiger partial charge in [0.05, 0.1) is 29.2 Å². The van der Waals surface area contributed by atoms with Crippen molar-refractivity contribution in [1.82, 2.24) is 14.9 Å². The van der Waals surface area contributed by atoms with Gasteiger partial charge in [0.25, 0.3) is 0 Å². The number of fused-ring (bicyclic) bond motifs is 2. The second-order valence-electron chi connectivity index (χ2n) is 10.1. The van der Waals surface area contributed by atoms with Gasteiger partial charge in [-0.3, -0.25) is 14.5 Å². The number of ether oxygens (including phenoxy) is 1. The Hall–Kier alpha value is -3.35. The molecule has 1 saturated heterocycles. The molecule has 33 heavy (non-hydrogen) atoms. The number of hydrogen-bond acceptors (Lipinski definition) is 4. The van der Waals surface area contributed by atoms with E-state index in [1.165, 1.54) is 5.56 Å². The topological polar surface area (TPSA) is 75.9 Å². The normalized spacial score (nSPS) is 22.5. The fourth-order valence-electron chi connectivity index (χ4n) is 5.21. The number of rotatable bonds is 5. The molecule has 7 heteroatoms. The molecule has 2 atom stereocenters. The van der Waals surface area contributed by atoms with Gasteiger partial charge in [0.2, 0.25) is 11.8 Å². The Balaban J connectivity index is 1.46. The summed E-state index contributed by atoms with van der Waals surface area (Å²) in [6.45, 7) is 6.57. The zero-order valence-electron chi connectivity index (χ0n) is 19.2. The number of nitrogens with zero attached hydrogens (tertiary/aromatic N) is 3. The van der Waals surface area contributed by atoms with Crippen molar-refractivity contribution in [2.45, 2.75) is 57.5 Å². The zero-order chi connectivity index (χ0) is 22.9. The molecule has 2 aromatic heterocycles. The van der Waals surface area contributed by atoms with Gasteiger partial charge in [-0.05, 0) is 51.2 Å². The molecule has 2 fully saturated rings. The van der Waals surface area contributed by atoms with E-state index in [2.05, 4.69) is 10.4 Å². The summed E-state index contributed by atoms with van der Waals surface area (Å²) in [4.78, 5) is 27.1. The number of benzene rings is 1. The highest BCUT2D eigenvalue weighted by Crippen LogP contribution is 2.48. The van der Waals surface area contributed by atoms with Crippen molar-refractivity contribution in [2.24, 2.45) is 5.92 Å². The minimum absolute atomic E-state index is 0.0298. The lowest BCUT2D eigenvalue weighted by Crippen LogP contribution is -2.33. The molecule has 4 heterocycles. The molecule has 170 valence electrons. The molecule has 2 aliphatic heterocycles. The summed E-state index contributed by atoms with van der Waals surface area (Å²) in [7, 11) is 0. The van der Waals surface area contributed by atoms with Crippen molar-refractivity contribution in [3.05, 3.63) is 53.9 Å². The molecule has 3 aliphatic rings. The maximum absolute atomic E-state index is 13.5. The lowest BCUT2D eigenvalue weighted by atomic mass is 9.86. The van der Waals surface area contributed by atoms with E-state index in [1.54, 1.807) is 4.90 Å². The molecule has 7 nitrogen and oxygen atoms in total. The fraction of sp³-hybridized carbons (Fsp3) is 0.423. The van der Waals surface area contributed by atoms with E-state index in [4.69, 9.17) is 4.74 Å². The second-order valence-corrected chi connectivity index (χ2v) is 10.1. The monoisotopic (exact) mass is 444 g/mol. The molecule has 1 aromatic carbocycles. The van der Waals surface area contributed by atoms with E-state index in [1.807, 2.05) is 68.0 Å². The summed E-state index contributed by atoms with van der Waals surface area (Å²) < 4.78 is 8.37. The summed E-state index contributed by atoms with van der Waals surface area (Å²) >= 11 is 0. The molecule has 0 radical (unpaired) electrons. The van der Waals surface area contributed by atoms with Gasteiger partial charge in [-0.25, -0.2) is 4.52 Å². The number of aromatic nitrogens is 2. The smallest absolute Gasteiger partial charge is 0.241 e. The molecule has 3 aromatic rings. The molecule has 1 saturated carbocycles. The third-order valence-electron chi connectivity index (χ3n) is 7.41. The quantitative estimate of drug-likeness (QED) is 0.644. The van der Waals surface area contributed by atoms with Crippen LogP contribution in [0, 0.1) is 5.92 Å². The SMILES string of the molecule is C[C@@H](Oc1cc(N2C(=O)C(C)(C)c3ccccc32)cn2ncc(C3CC3)c12)[C@H]1CNC(=O)C1. The predicted molar refractivity (Wildman–Crippen MR) is 125 cm³/mol. The molecular formula is C26H28N4O3. The van der Waals surface area contributed by atoms with Crippen molar-refractivity contribution >= 4 is 28.7 Å². The Morgan fingerprint density at radius 3 is 2.73 bits per heavy atom. The van der Waals surface area contributed by atoms with Crippen molar-refractivity contribution in [2.75, 3.05) is 11.4 Å². The highest BCUT2D eigenvalue weighted by atomic mass is 16.5. The number of amides is 2. The van der Waals surface area contributed by atoms with Gasteiger partial charge in [-0.2, -0.15) is 5.10 Å². The molecule has 1 N–H and O–H groups in total. The van der Waals surface area contributed by atoms with Gasteiger partial charge in [0.15, 0.2) is 0 Å². The largest absolute Gasteiger partial charge is 0.488 e. The highest BCUT2D eigenvalue weighted by Gasteiger charge is 2.45. The van der Waals surface area contributed by atoms with E-state index in [0.717, 1.165) is 35.3 Å². The van der Waals surface area contributed by atoms with Crippen LogP contribution in [0.25, 0.3) is 5.52 Å². The predicted octanol–water partition coefficient (Wildman–Crippen LogP) is 4.07. The number of carbonyl (C=O) groups excluding carboxylic acids is 2. The van der Waals surface area contributed by atoms with Crippen LogP contribution < -0.4 is 15.0 Å². The lowest BCUT2D eigenvalue weighted by molar-refractivity contribution is -0.121. The average molecular weight is 445 g/mol. The van der Waals surface area contributed by atoms with Crippen LogP contribution in [-0.2, 0) is 15.0 Å². The fourth-order valence-corrected chi connectivity index (χ4v) is 5.21. The Labute approximate surface area is 192 Å². The van der Waals surface area contributed by atoms with Gasteiger partial charge in [-0.15, -0.1) is 0 Å². The van der Waals surface area contributed by atoms with Gasteiger partial charge >= 0.3 is 0 Å². The van der Waals surface area contributed by atoms with Gasteiger partial charge < -0.3 is 10.1 Å². The van der Waals surface area contributed by atoms with Crippen LogP contribution in [0.2, 0.25) is 0 Å². The first-order valence-electron chi connectivity index (χ1n) is 11.7. The first-order valence-corrected chi connectivity index (χ1v) is 11.7. The summed E-state index contributed by atoms with van der Waals surface area (Å²) in [5, 5.41) is 7.54. The van der Waals surface area contributed by atoms with E-state index >= 15 is 0 Å². The minimum atomic E-state index is -0.612. The first-order chi connectivity index (χ1) is 15.8. The van der Waals surface area contributed by atoms with Crippen LogP contribution in [0.4, 0.5) is 11.4 Å².